The minimum atomic E-state index is -3.71. The summed E-state index contributed by atoms with van der Waals surface area (Å²) in [6.45, 7) is 2.84. The van der Waals surface area contributed by atoms with Gasteiger partial charge in [0.15, 0.2) is 0 Å². The molecule has 0 spiro atoms. The molecule has 1 N–H and O–H groups in total. The number of nitrogens with zero attached hydrogens (tertiary/aromatic N) is 2. The van der Waals surface area contributed by atoms with Crippen LogP contribution in [-0.4, -0.2) is 36.8 Å². The van der Waals surface area contributed by atoms with Crippen LogP contribution in [0.15, 0.2) is 45.9 Å². The highest BCUT2D eigenvalue weighted by molar-refractivity contribution is 7.89. The number of nitro benzene ring substituents is 1. The zero-order valence-corrected chi connectivity index (χ0v) is 16.7. The fourth-order valence-corrected chi connectivity index (χ4v) is 4.89. The van der Waals surface area contributed by atoms with Crippen LogP contribution in [0.1, 0.15) is 38.4 Å². The Hall–Kier alpha value is -2.39. The van der Waals surface area contributed by atoms with Crippen molar-refractivity contribution < 1.29 is 17.8 Å². The van der Waals surface area contributed by atoms with Crippen LogP contribution in [0.5, 0.6) is 0 Å². The number of hydrogen-bond donors (Lipinski definition) is 1. The Morgan fingerprint density at radius 1 is 1.25 bits per heavy atom. The molecule has 8 nitrogen and oxygen atoms in total. The molecule has 0 radical (unpaired) electrons. The number of nitro groups is 1. The lowest BCUT2D eigenvalue weighted by Crippen LogP contribution is -2.35. The van der Waals surface area contributed by atoms with Gasteiger partial charge in [0, 0.05) is 31.6 Å². The van der Waals surface area contributed by atoms with Crippen molar-refractivity contribution in [3.05, 3.63) is 52.5 Å². The molecule has 0 unspecified atom stereocenters. The van der Waals surface area contributed by atoms with Gasteiger partial charge in [-0.2, -0.15) is 4.31 Å². The van der Waals surface area contributed by atoms with Gasteiger partial charge in [-0.15, -0.1) is 0 Å². The number of aryl methyl sites for hydroxylation is 1. The average molecular weight is 407 g/mol. The van der Waals surface area contributed by atoms with Gasteiger partial charge in [-0.25, -0.2) is 8.42 Å². The molecule has 1 aliphatic heterocycles. The van der Waals surface area contributed by atoms with E-state index >= 15 is 0 Å². The van der Waals surface area contributed by atoms with Crippen LogP contribution >= 0.6 is 0 Å². The van der Waals surface area contributed by atoms with Gasteiger partial charge in [-0.05, 0) is 50.5 Å². The Labute approximate surface area is 164 Å². The summed E-state index contributed by atoms with van der Waals surface area (Å²) in [7, 11) is -3.71. The smallest absolute Gasteiger partial charge is 0.293 e. The minimum Gasteiger partial charge on any atom is -0.469 e. The number of furan rings is 1. The maximum atomic E-state index is 12.8. The topological polar surface area (TPSA) is 106 Å². The van der Waals surface area contributed by atoms with Crippen LogP contribution in [0.2, 0.25) is 0 Å². The standard InChI is InChI=1S/C19H25N3O5S/c1-15(7-8-16-6-5-13-27-16)20-18-10-9-17(14-19(18)22(23)24)28(25,26)21-11-3-2-4-12-21/h5-6,9-10,13-15,20H,2-4,7-8,11-12H2,1H3/t15-/m1/s1. The molecule has 0 saturated carbocycles. The summed E-state index contributed by atoms with van der Waals surface area (Å²) in [6, 6.07) is 7.74. The first-order chi connectivity index (χ1) is 13.4. The zero-order chi connectivity index (χ0) is 20.1. The third-order valence-corrected chi connectivity index (χ3v) is 6.82. The van der Waals surface area contributed by atoms with Gasteiger partial charge < -0.3 is 9.73 Å². The monoisotopic (exact) mass is 407 g/mol. The third-order valence-electron chi connectivity index (χ3n) is 4.92. The van der Waals surface area contributed by atoms with Crippen LogP contribution < -0.4 is 5.32 Å². The molecule has 1 fully saturated rings. The summed E-state index contributed by atoms with van der Waals surface area (Å²) in [5, 5.41) is 14.7. The first-order valence-electron chi connectivity index (χ1n) is 9.45. The lowest BCUT2D eigenvalue weighted by molar-refractivity contribution is -0.384. The third kappa shape index (κ3) is 4.71. The quantitative estimate of drug-likeness (QED) is 0.527. The summed E-state index contributed by atoms with van der Waals surface area (Å²) in [4.78, 5) is 11.0. The van der Waals surface area contributed by atoms with Crippen molar-refractivity contribution in [2.24, 2.45) is 0 Å². The largest absolute Gasteiger partial charge is 0.469 e. The van der Waals surface area contributed by atoms with Crippen molar-refractivity contribution in [3.8, 4) is 0 Å². The lowest BCUT2D eigenvalue weighted by Gasteiger charge is -2.26. The van der Waals surface area contributed by atoms with Crippen LogP contribution in [0.25, 0.3) is 0 Å². The van der Waals surface area contributed by atoms with E-state index in [9.17, 15) is 18.5 Å². The number of anilines is 1. The van der Waals surface area contributed by atoms with E-state index in [-0.39, 0.29) is 16.6 Å². The van der Waals surface area contributed by atoms with Crippen molar-refractivity contribution in [1.82, 2.24) is 4.31 Å². The molecule has 3 rings (SSSR count). The van der Waals surface area contributed by atoms with Gasteiger partial charge in [0.2, 0.25) is 10.0 Å². The molecule has 1 atom stereocenters. The van der Waals surface area contributed by atoms with E-state index in [2.05, 4.69) is 5.32 Å². The Morgan fingerprint density at radius 2 is 2.00 bits per heavy atom. The van der Waals surface area contributed by atoms with Crippen molar-refractivity contribution in [2.75, 3.05) is 18.4 Å². The van der Waals surface area contributed by atoms with Gasteiger partial charge >= 0.3 is 0 Å². The molecule has 2 aromatic rings. The minimum absolute atomic E-state index is 0.0325. The molecule has 1 aliphatic rings. The van der Waals surface area contributed by atoms with Gasteiger partial charge in [0.1, 0.15) is 11.4 Å². The molecule has 0 amide bonds. The average Bonchev–Trinajstić information content (AvgIpc) is 3.21. The van der Waals surface area contributed by atoms with Crippen LogP contribution in [0.3, 0.4) is 0 Å². The van der Waals surface area contributed by atoms with Crippen molar-refractivity contribution in [3.63, 3.8) is 0 Å². The van der Waals surface area contributed by atoms with Gasteiger partial charge in [-0.3, -0.25) is 10.1 Å². The SMILES string of the molecule is C[C@H](CCc1ccco1)Nc1ccc(S(=O)(=O)N2CCCCC2)cc1[N+](=O)[O-]. The summed E-state index contributed by atoms with van der Waals surface area (Å²) in [5.41, 5.74) is 0.0810. The molecule has 28 heavy (non-hydrogen) atoms. The number of piperidine rings is 1. The second-order valence-corrected chi connectivity index (χ2v) is 9.00. The van der Waals surface area contributed by atoms with E-state index in [0.29, 0.717) is 25.2 Å². The highest BCUT2D eigenvalue weighted by Gasteiger charge is 2.28. The van der Waals surface area contributed by atoms with Crippen LogP contribution in [-0.2, 0) is 16.4 Å². The molecule has 2 heterocycles. The van der Waals surface area contributed by atoms with E-state index < -0.39 is 14.9 Å². The number of sulfonamides is 1. The van der Waals surface area contributed by atoms with Gasteiger partial charge in [-0.1, -0.05) is 6.42 Å². The molecule has 152 valence electrons. The summed E-state index contributed by atoms with van der Waals surface area (Å²) < 4.78 is 32.3. The summed E-state index contributed by atoms with van der Waals surface area (Å²) in [6.07, 6.45) is 5.67. The zero-order valence-electron chi connectivity index (χ0n) is 15.8. The number of hydrogen-bond acceptors (Lipinski definition) is 6. The first kappa shape index (κ1) is 20.3. The molecular weight excluding hydrogens is 382 g/mol. The second kappa shape index (κ2) is 8.74. The lowest BCUT2D eigenvalue weighted by atomic mass is 10.1. The van der Waals surface area contributed by atoms with E-state index in [1.165, 1.54) is 16.4 Å². The Morgan fingerprint density at radius 3 is 2.64 bits per heavy atom. The normalized spacial score (nSPS) is 16.6. The van der Waals surface area contributed by atoms with Crippen LogP contribution in [0, 0.1) is 10.1 Å². The van der Waals surface area contributed by atoms with Crippen molar-refractivity contribution in [1.29, 1.82) is 0 Å². The summed E-state index contributed by atoms with van der Waals surface area (Å²) >= 11 is 0. The molecular formula is C19H25N3O5S. The Bertz CT molecular complexity index is 906. The maximum absolute atomic E-state index is 12.8. The van der Waals surface area contributed by atoms with E-state index in [0.717, 1.165) is 37.5 Å². The maximum Gasteiger partial charge on any atom is 0.293 e. The fourth-order valence-electron chi connectivity index (χ4n) is 3.35. The van der Waals surface area contributed by atoms with Crippen LogP contribution in [0.4, 0.5) is 11.4 Å². The predicted molar refractivity (Wildman–Crippen MR) is 106 cm³/mol. The molecule has 0 aliphatic carbocycles. The molecule has 0 bridgehead atoms. The fraction of sp³-hybridized carbons (Fsp3) is 0.474. The van der Waals surface area contributed by atoms with Crippen molar-refractivity contribution >= 4 is 21.4 Å². The molecule has 9 heteroatoms. The van der Waals surface area contributed by atoms with E-state index in [1.807, 2.05) is 19.1 Å². The number of rotatable bonds is 8. The Balaban J connectivity index is 1.76. The Kier molecular flexibility index (Phi) is 6.35. The number of benzene rings is 1. The van der Waals surface area contributed by atoms with Crippen molar-refractivity contribution in [2.45, 2.75) is 50.0 Å². The molecule has 1 saturated heterocycles. The molecule has 1 aromatic carbocycles. The highest BCUT2D eigenvalue weighted by Crippen LogP contribution is 2.30. The first-order valence-corrected chi connectivity index (χ1v) is 10.9. The van der Waals surface area contributed by atoms with E-state index in [1.54, 1.807) is 6.26 Å². The number of nitrogens with one attached hydrogen (secondary N) is 1. The second-order valence-electron chi connectivity index (χ2n) is 7.06. The predicted octanol–water partition coefficient (Wildman–Crippen LogP) is 3.80. The summed E-state index contributed by atoms with van der Waals surface area (Å²) in [5.74, 6) is 0.853. The van der Waals surface area contributed by atoms with Gasteiger partial charge in [0.05, 0.1) is 16.1 Å². The molecule has 1 aromatic heterocycles. The van der Waals surface area contributed by atoms with Gasteiger partial charge in [0.25, 0.3) is 5.69 Å². The van der Waals surface area contributed by atoms with E-state index in [4.69, 9.17) is 4.42 Å². The highest BCUT2D eigenvalue weighted by atomic mass is 32.2.